The number of carbonyl (C=O) groups excluding carboxylic acids is 1. The van der Waals surface area contributed by atoms with Gasteiger partial charge in [0.2, 0.25) is 0 Å². The molecule has 1 aliphatic heterocycles. The van der Waals surface area contributed by atoms with E-state index in [-0.39, 0.29) is 24.7 Å². The maximum absolute atomic E-state index is 12.5. The van der Waals surface area contributed by atoms with Crippen LogP contribution in [0.15, 0.2) is 24.4 Å². The van der Waals surface area contributed by atoms with E-state index in [1.807, 2.05) is 32.0 Å². The standard InChI is InChI=1S/C17H18ClIN2O3/c1-10-7-21(8-11(2)24-10)15(22)9-23-17-14(19)6-13(18)12-4-3-5-20-16(12)17/h3-6,10-11H,7-9H2,1-2H3/t10-,11+. The van der Waals surface area contributed by atoms with Crippen molar-refractivity contribution in [2.24, 2.45) is 0 Å². The number of hydrogen-bond acceptors (Lipinski definition) is 4. The molecular weight excluding hydrogens is 443 g/mol. The number of amides is 1. The van der Waals surface area contributed by atoms with Crippen LogP contribution in [0.5, 0.6) is 5.75 Å². The number of rotatable bonds is 3. The lowest BCUT2D eigenvalue weighted by atomic mass is 10.2. The molecule has 0 bridgehead atoms. The van der Waals surface area contributed by atoms with E-state index in [1.165, 1.54) is 0 Å². The number of pyridine rings is 1. The Labute approximate surface area is 159 Å². The van der Waals surface area contributed by atoms with E-state index in [1.54, 1.807) is 11.1 Å². The van der Waals surface area contributed by atoms with Gasteiger partial charge in [0.05, 0.1) is 20.8 Å². The van der Waals surface area contributed by atoms with Gasteiger partial charge < -0.3 is 14.4 Å². The van der Waals surface area contributed by atoms with Crippen molar-refractivity contribution in [1.82, 2.24) is 9.88 Å². The molecule has 2 heterocycles. The minimum Gasteiger partial charge on any atom is -0.480 e. The first-order valence-corrected chi connectivity index (χ1v) is 9.20. The molecule has 0 spiro atoms. The minimum absolute atomic E-state index is 0.0251. The summed E-state index contributed by atoms with van der Waals surface area (Å²) in [6.07, 6.45) is 1.76. The molecule has 1 aliphatic rings. The summed E-state index contributed by atoms with van der Waals surface area (Å²) in [5, 5.41) is 1.44. The number of halogens is 2. The minimum atomic E-state index is -0.0492. The zero-order valence-corrected chi connectivity index (χ0v) is 16.4. The highest BCUT2D eigenvalue weighted by molar-refractivity contribution is 14.1. The quantitative estimate of drug-likeness (QED) is 0.658. The predicted octanol–water partition coefficient (Wildman–Crippen LogP) is 3.51. The highest BCUT2D eigenvalue weighted by atomic mass is 127. The lowest BCUT2D eigenvalue weighted by molar-refractivity contribution is -0.145. The SMILES string of the molecule is C[C@@H]1CN(C(=O)COc2c(I)cc(Cl)c3cccnc23)C[C@H](C)O1. The van der Waals surface area contributed by atoms with Crippen LogP contribution in [0.3, 0.4) is 0 Å². The Bertz CT molecular complexity index is 761. The van der Waals surface area contributed by atoms with Gasteiger partial charge in [-0.2, -0.15) is 0 Å². The van der Waals surface area contributed by atoms with Crippen LogP contribution < -0.4 is 4.74 Å². The first-order chi connectivity index (χ1) is 11.5. The maximum Gasteiger partial charge on any atom is 0.260 e. The smallest absolute Gasteiger partial charge is 0.260 e. The maximum atomic E-state index is 12.5. The Hall–Kier alpha value is -1.12. The second-order valence-electron chi connectivity index (χ2n) is 5.91. The molecular formula is C17H18ClIN2O3. The monoisotopic (exact) mass is 460 g/mol. The summed E-state index contributed by atoms with van der Waals surface area (Å²) in [6.45, 7) is 5.09. The molecule has 0 N–H and O–H groups in total. The van der Waals surface area contributed by atoms with Gasteiger partial charge in [-0.3, -0.25) is 9.78 Å². The molecule has 24 heavy (non-hydrogen) atoms. The van der Waals surface area contributed by atoms with E-state index in [0.717, 1.165) is 8.96 Å². The molecule has 5 nitrogen and oxygen atoms in total. The third-order valence-electron chi connectivity index (χ3n) is 3.86. The van der Waals surface area contributed by atoms with E-state index < -0.39 is 0 Å². The molecule has 1 saturated heterocycles. The third kappa shape index (κ3) is 3.75. The highest BCUT2D eigenvalue weighted by Gasteiger charge is 2.26. The van der Waals surface area contributed by atoms with Crippen LogP contribution in [0, 0.1) is 3.57 Å². The van der Waals surface area contributed by atoms with Gasteiger partial charge in [-0.1, -0.05) is 11.6 Å². The Morgan fingerprint density at radius 2 is 2.17 bits per heavy atom. The summed E-state index contributed by atoms with van der Waals surface area (Å²) in [5.41, 5.74) is 0.672. The molecule has 128 valence electrons. The van der Waals surface area contributed by atoms with Gasteiger partial charge in [0.1, 0.15) is 5.52 Å². The van der Waals surface area contributed by atoms with Crippen molar-refractivity contribution in [1.29, 1.82) is 0 Å². The van der Waals surface area contributed by atoms with E-state index in [0.29, 0.717) is 29.4 Å². The van der Waals surface area contributed by atoms with Crippen molar-refractivity contribution in [2.45, 2.75) is 26.1 Å². The molecule has 2 atom stereocenters. The van der Waals surface area contributed by atoms with Gasteiger partial charge in [0, 0.05) is 24.7 Å². The molecule has 1 fully saturated rings. The van der Waals surface area contributed by atoms with E-state index in [2.05, 4.69) is 27.6 Å². The molecule has 7 heteroatoms. The van der Waals surface area contributed by atoms with Gasteiger partial charge in [0.25, 0.3) is 5.91 Å². The first-order valence-electron chi connectivity index (χ1n) is 7.74. The molecule has 1 aromatic carbocycles. The van der Waals surface area contributed by atoms with Crippen LogP contribution in [-0.4, -0.2) is 47.7 Å². The molecule has 0 aliphatic carbocycles. The summed E-state index contributed by atoms with van der Waals surface area (Å²) in [4.78, 5) is 18.6. The number of morpholine rings is 1. The van der Waals surface area contributed by atoms with Gasteiger partial charge >= 0.3 is 0 Å². The Morgan fingerprint density at radius 1 is 1.46 bits per heavy atom. The lowest BCUT2D eigenvalue weighted by Gasteiger charge is -2.35. The molecule has 0 saturated carbocycles. The van der Waals surface area contributed by atoms with E-state index in [4.69, 9.17) is 21.1 Å². The fourth-order valence-corrected chi connectivity index (χ4v) is 4.06. The summed E-state index contributed by atoms with van der Waals surface area (Å²) >= 11 is 8.41. The predicted molar refractivity (Wildman–Crippen MR) is 102 cm³/mol. The molecule has 1 aromatic heterocycles. The first kappa shape index (κ1) is 17.7. The molecule has 2 aromatic rings. The number of aromatic nitrogens is 1. The van der Waals surface area contributed by atoms with Crippen molar-refractivity contribution in [2.75, 3.05) is 19.7 Å². The van der Waals surface area contributed by atoms with Crippen LogP contribution in [0.2, 0.25) is 5.02 Å². The van der Waals surface area contributed by atoms with Crippen molar-refractivity contribution < 1.29 is 14.3 Å². The Balaban J connectivity index is 1.77. The summed E-state index contributed by atoms with van der Waals surface area (Å²) in [7, 11) is 0. The van der Waals surface area contributed by atoms with Gasteiger partial charge in [-0.25, -0.2) is 0 Å². The molecule has 0 unspecified atom stereocenters. The second-order valence-corrected chi connectivity index (χ2v) is 7.48. The number of hydrogen-bond donors (Lipinski definition) is 0. The molecule has 3 rings (SSSR count). The number of benzene rings is 1. The number of ether oxygens (including phenoxy) is 2. The highest BCUT2D eigenvalue weighted by Crippen LogP contribution is 2.34. The second kappa shape index (κ2) is 7.41. The third-order valence-corrected chi connectivity index (χ3v) is 4.98. The average molecular weight is 461 g/mol. The van der Waals surface area contributed by atoms with Crippen LogP contribution in [-0.2, 0) is 9.53 Å². The molecule has 1 amide bonds. The van der Waals surface area contributed by atoms with Crippen molar-refractivity contribution >= 4 is 51.0 Å². The van der Waals surface area contributed by atoms with Crippen LogP contribution in [0.1, 0.15) is 13.8 Å². The number of nitrogens with zero attached hydrogens (tertiary/aromatic N) is 2. The Morgan fingerprint density at radius 3 is 2.88 bits per heavy atom. The van der Waals surface area contributed by atoms with Crippen molar-refractivity contribution in [3.05, 3.63) is 33.0 Å². The number of carbonyl (C=O) groups is 1. The summed E-state index contributed by atoms with van der Waals surface area (Å²) < 4.78 is 12.3. The van der Waals surface area contributed by atoms with Crippen LogP contribution in [0.25, 0.3) is 10.9 Å². The normalized spacial score (nSPS) is 21.1. The Kier molecular flexibility index (Phi) is 5.46. The van der Waals surface area contributed by atoms with Gasteiger partial charge in [0.15, 0.2) is 12.4 Å². The van der Waals surface area contributed by atoms with Crippen molar-refractivity contribution in [3.8, 4) is 5.75 Å². The van der Waals surface area contributed by atoms with Gasteiger partial charge in [-0.05, 0) is 54.6 Å². The number of fused-ring (bicyclic) bond motifs is 1. The van der Waals surface area contributed by atoms with Gasteiger partial charge in [-0.15, -0.1) is 0 Å². The fourth-order valence-electron chi connectivity index (χ4n) is 2.89. The lowest BCUT2D eigenvalue weighted by Crippen LogP contribution is -2.49. The zero-order chi connectivity index (χ0) is 17.3. The van der Waals surface area contributed by atoms with Crippen LogP contribution in [0.4, 0.5) is 0 Å². The zero-order valence-electron chi connectivity index (χ0n) is 13.5. The molecule has 0 radical (unpaired) electrons. The average Bonchev–Trinajstić information content (AvgIpc) is 2.53. The summed E-state index contributed by atoms with van der Waals surface area (Å²) in [5.74, 6) is 0.546. The summed E-state index contributed by atoms with van der Waals surface area (Å²) in [6, 6.07) is 5.54. The fraction of sp³-hybridized carbons (Fsp3) is 0.412. The topological polar surface area (TPSA) is 51.7 Å². The van der Waals surface area contributed by atoms with Crippen LogP contribution >= 0.6 is 34.2 Å². The largest absolute Gasteiger partial charge is 0.480 e. The van der Waals surface area contributed by atoms with E-state index in [9.17, 15) is 4.79 Å². The van der Waals surface area contributed by atoms with E-state index >= 15 is 0 Å². The van der Waals surface area contributed by atoms with Crippen molar-refractivity contribution in [3.63, 3.8) is 0 Å².